The summed E-state index contributed by atoms with van der Waals surface area (Å²) in [7, 11) is -1.87. The van der Waals surface area contributed by atoms with Gasteiger partial charge in [0, 0.05) is 26.1 Å². The molecule has 1 aliphatic heterocycles. The van der Waals surface area contributed by atoms with E-state index in [-0.39, 0.29) is 23.3 Å². The number of likely N-dealkylation sites (tertiary alicyclic amines) is 1. The molecular formula is C14H20N2O3S. The fourth-order valence-electron chi connectivity index (χ4n) is 2.35. The van der Waals surface area contributed by atoms with Gasteiger partial charge in [-0.15, -0.1) is 0 Å². The highest BCUT2D eigenvalue weighted by atomic mass is 32.2. The first-order valence-electron chi connectivity index (χ1n) is 6.77. The molecule has 6 heteroatoms. The number of carbonyl (C=O) groups is 1. The molecule has 1 aromatic carbocycles. The second kappa shape index (κ2) is 5.93. The molecule has 1 amide bonds. The molecule has 0 bridgehead atoms. The normalized spacial score (nSPS) is 19.6. The van der Waals surface area contributed by atoms with Gasteiger partial charge < -0.3 is 4.90 Å². The van der Waals surface area contributed by atoms with E-state index in [4.69, 9.17) is 0 Å². The number of nitrogens with zero attached hydrogens (tertiary/aromatic N) is 1. The number of benzene rings is 1. The summed E-state index contributed by atoms with van der Waals surface area (Å²) in [5.74, 6) is -0.0315. The summed E-state index contributed by atoms with van der Waals surface area (Å²) >= 11 is 0. The van der Waals surface area contributed by atoms with E-state index in [1.165, 1.54) is 4.90 Å². The lowest BCUT2D eigenvalue weighted by Gasteiger charge is -2.13. The molecule has 1 N–H and O–H groups in total. The molecule has 1 unspecified atom stereocenters. The number of carbonyl (C=O) groups excluding carboxylic acids is 1. The zero-order valence-corrected chi connectivity index (χ0v) is 12.6. The van der Waals surface area contributed by atoms with Crippen molar-refractivity contribution in [1.29, 1.82) is 0 Å². The summed E-state index contributed by atoms with van der Waals surface area (Å²) in [5, 5.41) is 0. The lowest BCUT2D eigenvalue weighted by Crippen LogP contribution is -2.36. The van der Waals surface area contributed by atoms with Gasteiger partial charge in [0.05, 0.1) is 4.90 Å². The van der Waals surface area contributed by atoms with Crippen molar-refractivity contribution in [3.8, 4) is 0 Å². The van der Waals surface area contributed by atoms with E-state index < -0.39 is 10.0 Å². The summed E-state index contributed by atoms with van der Waals surface area (Å²) < 4.78 is 27.1. The molecule has 0 radical (unpaired) electrons. The largest absolute Gasteiger partial charge is 0.344 e. The number of nitrogens with one attached hydrogen (secondary N) is 1. The molecular weight excluding hydrogens is 276 g/mol. The predicted octanol–water partition coefficient (Wildman–Crippen LogP) is 1.15. The van der Waals surface area contributed by atoms with Crippen molar-refractivity contribution in [2.24, 2.45) is 0 Å². The van der Waals surface area contributed by atoms with Crippen LogP contribution in [0.3, 0.4) is 0 Å². The summed E-state index contributed by atoms with van der Waals surface area (Å²) in [6, 6.07) is 6.57. The molecule has 2 rings (SSSR count). The average molecular weight is 296 g/mol. The van der Waals surface area contributed by atoms with Gasteiger partial charge in [-0.1, -0.05) is 25.5 Å². The maximum absolute atomic E-state index is 12.2. The van der Waals surface area contributed by atoms with Crippen LogP contribution in [0.5, 0.6) is 0 Å². The van der Waals surface area contributed by atoms with E-state index in [0.717, 1.165) is 18.4 Å². The number of aryl methyl sites for hydroxylation is 1. The van der Waals surface area contributed by atoms with Crippen LogP contribution in [0.4, 0.5) is 0 Å². The highest BCUT2D eigenvalue weighted by Crippen LogP contribution is 2.15. The van der Waals surface area contributed by atoms with E-state index in [9.17, 15) is 13.2 Å². The first-order chi connectivity index (χ1) is 9.42. The molecule has 0 aromatic heterocycles. The van der Waals surface area contributed by atoms with E-state index in [1.807, 2.05) is 12.1 Å². The minimum absolute atomic E-state index is 0.0315. The Morgan fingerprint density at radius 3 is 2.45 bits per heavy atom. The third-order valence-electron chi connectivity index (χ3n) is 3.44. The second-order valence-electron chi connectivity index (χ2n) is 5.19. The first-order valence-corrected chi connectivity index (χ1v) is 8.26. The van der Waals surface area contributed by atoms with E-state index in [2.05, 4.69) is 11.6 Å². The average Bonchev–Trinajstić information content (AvgIpc) is 2.68. The van der Waals surface area contributed by atoms with Crippen LogP contribution in [0.25, 0.3) is 0 Å². The molecule has 1 atom stereocenters. The van der Waals surface area contributed by atoms with Crippen LogP contribution in [0.1, 0.15) is 25.3 Å². The zero-order chi connectivity index (χ0) is 14.8. The van der Waals surface area contributed by atoms with Crippen molar-refractivity contribution >= 4 is 15.9 Å². The standard InChI is InChI=1S/C14H20N2O3S/c1-3-4-11-5-7-13(8-6-11)20(18,19)15-12-9-14(17)16(2)10-12/h5-8,12,15H,3-4,9-10H2,1-2H3. The Morgan fingerprint density at radius 1 is 1.30 bits per heavy atom. The van der Waals surface area contributed by atoms with Crippen LogP contribution in [0, 0.1) is 0 Å². The number of amides is 1. The van der Waals surface area contributed by atoms with E-state index >= 15 is 0 Å². The maximum Gasteiger partial charge on any atom is 0.240 e. The van der Waals surface area contributed by atoms with Crippen molar-refractivity contribution in [3.63, 3.8) is 0 Å². The van der Waals surface area contributed by atoms with Crippen LogP contribution >= 0.6 is 0 Å². The summed E-state index contributed by atoms with van der Waals surface area (Å²) in [6.45, 7) is 2.51. The minimum atomic E-state index is -3.55. The SMILES string of the molecule is CCCc1ccc(S(=O)(=O)NC2CC(=O)N(C)C2)cc1. The Balaban J connectivity index is 2.08. The summed E-state index contributed by atoms with van der Waals surface area (Å²) in [5.41, 5.74) is 1.13. The lowest BCUT2D eigenvalue weighted by molar-refractivity contribution is -0.126. The topological polar surface area (TPSA) is 66.5 Å². The molecule has 5 nitrogen and oxygen atoms in total. The van der Waals surface area contributed by atoms with Crippen LogP contribution < -0.4 is 4.72 Å². The van der Waals surface area contributed by atoms with Gasteiger partial charge in [-0.25, -0.2) is 13.1 Å². The summed E-state index contributed by atoms with van der Waals surface area (Å²) in [6.07, 6.45) is 2.19. The van der Waals surface area contributed by atoms with Crippen molar-refractivity contribution in [2.45, 2.75) is 37.1 Å². The lowest BCUT2D eigenvalue weighted by atomic mass is 10.1. The Labute approximate surface area is 120 Å². The molecule has 1 aliphatic rings. The predicted molar refractivity (Wildman–Crippen MR) is 76.8 cm³/mol. The van der Waals surface area contributed by atoms with Gasteiger partial charge in [0.15, 0.2) is 0 Å². The van der Waals surface area contributed by atoms with Crippen LogP contribution in [0.2, 0.25) is 0 Å². The van der Waals surface area contributed by atoms with Crippen LogP contribution in [-0.2, 0) is 21.2 Å². The Bertz CT molecular complexity index is 581. The molecule has 0 saturated carbocycles. The van der Waals surface area contributed by atoms with E-state index in [1.54, 1.807) is 19.2 Å². The van der Waals surface area contributed by atoms with Crippen molar-refractivity contribution in [1.82, 2.24) is 9.62 Å². The highest BCUT2D eigenvalue weighted by molar-refractivity contribution is 7.89. The third-order valence-corrected chi connectivity index (χ3v) is 4.97. The van der Waals surface area contributed by atoms with Gasteiger partial charge in [-0.3, -0.25) is 4.79 Å². The quantitative estimate of drug-likeness (QED) is 0.886. The number of hydrogen-bond acceptors (Lipinski definition) is 3. The minimum Gasteiger partial charge on any atom is -0.344 e. The number of sulfonamides is 1. The molecule has 0 spiro atoms. The van der Waals surface area contributed by atoms with Crippen molar-refractivity contribution in [3.05, 3.63) is 29.8 Å². The second-order valence-corrected chi connectivity index (χ2v) is 6.90. The Hall–Kier alpha value is -1.40. The molecule has 1 saturated heterocycles. The number of likely N-dealkylation sites (N-methyl/N-ethyl adjacent to an activating group) is 1. The number of hydrogen-bond donors (Lipinski definition) is 1. The highest BCUT2D eigenvalue weighted by Gasteiger charge is 2.30. The third kappa shape index (κ3) is 3.37. The van der Waals surface area contributed by atoms with Gasteiger partial charge in [-0.05, 0) is 24.1 Å². The molecule has 0 aliphatic carbocycles. The first kappa shape index (κ1) is 15.0. The van der Waals surface area contributed by atoms with Gasteiger partial charge >= 0.3 is 0 Å². The van der Waals surface area contributed by atoms with E-state index in [0.29, 0.717) is 6.54 Å². The number of rotatable bonds is 5. The fourth-order valence-corrected chi connectivity index (χ4v) is 3.58. The summed E-state index contributed by atoms with van der Waals surface area (Å²) in [4.78, 5) is 13.2. The molecule has 1 heterocycles. The molecule has 1 fully saturated rings. The molecule has 20 heavy (non-hydrogen) atoms. The van der Waals surface area contributed by atoms with Gasteiger partial charge in [0.1, 0.15) is 0 Å². The molecule has 1 aromatic rings. The smallest absolute Gasteiger partial charge is 0.240 e. The van der Waals surface area contributed by atoms with Gasteiger partial charge in [0.25, 0.3) is 0 Å². The Kier molecular flexibility index (Phi) is 4.45. The monoisotopic (exact) mass is 296 g/mol. The Morgan fingerprint density at radius 2 is 1.95 bits per heavy atom. The van der Waals surface area contributed by atoms with Crippen molar-refractivity contribution in [2.75, 3.05) is 13.6 Å². The van der Waals surface area contributed by atoms with Crippen LogP contribution in [-0.4, -0.2) is 38.9 Å². The maximum atomic E-state index is 12.2. The van der Waals surface area contributed by atoms with Crippen LogP contribution in [0.15, 0.2) is 29.2 Å². The van der Waals surface area contributed by atoms with Gasteiger partial charge in [-0.2, -0.15) is 0 Å². The van der Waals surface area contributed by atoms with Gasteiger partial charge in [0.2, 0.25) is 15.9 Å². The fraction of sp³-hybridized carbons (Fsp3) is 0.500. The molecule has 110 valence electrons. The zero-order valence-electron chi connectivity index (χ0n) is 11.8. The van der Waals surface area contributed by atoms with Crippen molar-refractivity contribution < 1.29 is 13.2 Å².